The summed E-state index contributed by atoms with van der Waals surface area (Å²) in [5, 5.41) is 3.23. The summed E-state index contributed by atoms with van der Waals surface area (Å²) in [5.41, 5.74) is 3.29. The van der Waals surface area contributed by atoms with Crippen LogP contribution in [-0.4, -0.2) is 43.2 Å². The zero-order chi connectivity index (χ0) is 20.1. The monoisotopic (exact) mass is 418 g/mol. The van der Waals surface area contributed by atoms with Gasteiger partial charge in [0.25, 0.3) is 0 Å². The van der Waals surface area contributed by atoms with Crippen LogP contribution in [0.15, 0.2) is 41.3 Å². The molecule has 0 saturated heterocycles. The molecule has 5 nitrogen and oxygen atoms in total. The maximum absolute atomic E-state index is 12.4. The minimum Gasteiger partial charge on any atom is -0.495 e. The van der Waals surface area contributed by atoms with Crippen LogP contribution in [0.4, 0.5) is 5.69 Å². The number of amides is 2. The number of methoxy groups -OCH3 is 1. The molecule has 0 aromatic heterocycles. The van der Waals surface area contributed by atoms with E-state index in [-0.39, 0.29) is 18.4 Å². The lowest BCUT2D eigenvalue weighted by Gasteiger charge is -2.17. The predicted molar refractivity (Wildman–Crippen MR) is 113 cm³/mol. The Morgan fingerprint density at radius 3 is 2.75 bits per heavy atom. The number of ether oxygens (including phenoxy) is 1. The summed E-state index contributed by atoms with van der Waals surface area (Å²) in [5.74, 6) is 0.403. The molecular weight excluding hydrogens is 396 g/mol. The van der Waals surface area contributed by atoms with E-state index in [0.29, 0.717) is 22.2 Å². The van der Waals surface area contributed by atoms with Crippen molar-refractivity contribution in [2.75, 3.05) is 31.8 Å². The predicted octanol–water partition coefficient (Wildman–Crippen LogP) is 4.03. The lowest BCUT2D eigenvalue weighted by atomic mass is 10.1. The second-order valence-corrected chi connectivity index (χ2v) is 8.20. The zero-order valence-electron chi connectivity index (χ0n) is 16.0. The summed E-state index contributed by atoms with van der Waals surface area (Å²) in [6.45, 7) is -0.0424. The van der Waals surface area contributed by atoms with Crippen LogP contribution in [0, 0.1) is 0 Å². The van der Waals surface area contributed by atoms with Gasteiger partial charge in [-0.2, -0.15) is 0 Å². The maximum atomic E-state index is 12.4. The molecule has 1 aliphatic rings. The minimum absolute atomic E-state index is 0.0424. The smallest absolute Gasteiger partial charge is 0.244 e. The van der Waals surface area contributed by atoms with Gasteiger partial charge in [0, 0.05) is 17.0 Å². The van der Waals surface area contributed by atoms with Gasteiger partial charge in [0.05, 0.1) is 25.1 Å². The molecule has 2 aromatic carbocycles. The van der Waals surface area contributed by atoms with E-state index in [0.717, 1.165) is 17.7 Å². The van der Waals surface area contributed by atoms with Crippen LogP contribution in [0.1, 0.15) is 17.5 Å². The van der Waals surface area contributed by atoms with Crippen molar-refractivity contribution in [3.05, 3.63) is 52.5 Å². The Labute approximate surface area is 174 Å². The van der Waals surface area contributed by atoms with Gasteiger partial charge in [0.2, 0.25) is 11.8 Å². The van der Waals surface area contributed by atoms with Gasteiger partial charge in [-0.1, -0.05) is 17.7 Å². The molecule has 0 fully saturated rings. The van der Waals surface area contributed by atoms with Crippen molar-refractivity contribution in [3.63, 3.8) is 0 Å². The lowest BCUT2D eigenvalue weighted by Crippen LogP contribution is -2.36. The fourth-order valence-corrected chi connectivity index (χ4v) is 4.24. The van der Waals surface area contributed by atoms with Crippen molar-refractivity contribution in [2.24, 2.45) is 0 Å². The summed E-state index contributed by atoms with van der Waals surface area (Å²) in [7, 11) is 3.14. The van der Waals surface area contributed by atoms with Crippen LogP contribution in [0.3, 0.4) is 0 Å². The van der Waals surface area contributed by atoms with E-state index in [9.17, 15) is 9.59 Å². The molecule has 0 unspecified atom stereocenters. The van der Waals surface area contributed by atoms with Gasteiger partial charge < -0.3 is 15.0 Å². The molecule has 148 valence electrons. The molecule has 0 atom stereocenters. The fourth-order valence-electron chi connectivity index (χ4n) is 3.16. The number of nitrogens with zero attached hydrogens (tertiary/aromatic N) is 1. The number of anilines is 1. The van der Waals surface area contributed by atoms with E-state index >= 15 is 0 Å². The minimum atomic E-state index is -0.307. The number of hydrogen-bond donors (Lipinski definition) is 1. The van der Waals surface area contributed by atoms with Gasteiger partial charge in [0.1, 0.15) is 5.75 Å². The first-order valence-corrected chi connectivity index (χ1v) is 10.4. The van der Waals surface area contributed by atoms with E-state index in [2.05, 4.69) is 23.5 Å². The topological polar surface area (TPSA) is 58.6 Å². The molecule has 2 amide bonds. The number of carbonyl (C=O) groups is 2. The molecule has 2 aromatic rings. The highest BCUT2D eigenvalue weighted by atomic mass is 35.5. The average molecular weight is 419 g/mol. The Balaban J connectivity index is 1.51. The molecule has 0 bridgehead atoms. The number of fused-ring (bicyclic) bond motifs is 1. The van der Waals surface area contributed by atoms with Crippen LogP contribution in [0.2, 0.25) is 5.02 Å². The standard InChI is InChI=1S/C21H23ClN2O3S/c1-24(12-20(25)23-18-11-16(22)7-9-19(18)27-2)21(26)13-28-17-8-6-14-4-3-5-15(14)10-17/h6-11H,3-5,12-13H2,1-2H3,(H,23,25). The second-order valence-electron chi connectivity index (χ2n) is 6.72. The average Bonchev–Trinajstić information content (AvgIpc) is 3.14. The second kappa shape index (κ2) is 9.34. The largest absolute Gasteiger partial charge is 0.495 e. The summed E-state index contributed by atoms with van der Waals surface area (Å²) < 4.78 is 5.22. The van der Waals surface area contributed by atoms with Crippen molar-refractivity contribution in [1.82, 2.24) is 4.90 Å². The Hall–Kier alpha value is -2.18. The molecule has 28 heavy (non-hydrogen) atoms. The number of nitrogens with one attached hydrogen (secondary N) is 1. The van der Waals surface area contributed by atoms with E-state index in [4.69, 9.17) is 16.3 Å². The molecule has 0 spiro atoms. The fraction of sp³-hybridized carbons (Fsp3) is 0.333. The summed E-state index contributed by atoms with van der Waals surface area (Å²) in [6.07, 6.45) is 3.47. The van der Waals surface area contributed by atoms with E-state index in [1.165, 1.54) is 41.3 Å². The molecule has 0 radical (unpaired) electrons. The number of halogens is 1. The van der Waals surface area contributed by atoms with Crippen LogP contribution in [0.5, 0.6) is 5.75 Å². The molecule has 1 aliphatic carbocycles. The van der Waals surface area contributed by atoms with Crippen LogP contribution in [-0.2, 0) is 22.4 Å². The molecular formula is C21H23ClN2O3S. The molecule has 0 saturated carbocycles. The SMILES string of the molecule is COc1ccc(Cl)cc1NC(=O)CN(C)C(=O)CSc1ccc2c(c1)CCC2. The van der Waals surface area contributed by atoms with Gasteiger partial charge in [-0.25, -0.2) is 0 Å². The number of aryl methyl sites for hydroxylation is 2. The first-order valence-electron chi connectivity index (χ1n) is 9.08. The number of carbonyl (C=O) groups excluding carboxylic acids is 2. The van der Waals surface area contributed by atoms with Crippen molar-refractivity contribution in [2.45, 2.75) is 24.2 Å². The molecule has 3 rings (SSSR count). The highest BCUT2D eigenvalue weighted by Gasteiger charge is 2.16. The zero-order valence-corrected chi connectivity index (χ0v) is 17.5. The number of likely N-dealkylation sites (N-methyl/N-ethyl adjacent to an activating group) is 1. The molecule has 7 heteroatoms. The van der Waals surface area contributed by atoms with Gasteiger partial charge in [-0.3, -0.25) is 9.59 Å². The highest BCUT2D eigenvalue weighted by Crippen LogP contribution is 2.28. The molecule has 0 heterocycles. The quantitative estimate of drug-likeness (QED) is 0.690. The van der Waals surface area contributed by atoms with E-state index in [1.54, 1.807) is 25.2 Å². The van der Waals surface area contributed by atoms with Crippen LogP contribution >= 0.6 is 23.4 Å². The Bertz CT molecular complexity index is 888. The van der Waals surface area contributed by atoms with E-state index in [1.807, 2.05) is 0 Å². The van der Waals surface area contributed by atoms with Gasteiger partial charge >= 0.3 is 0 Å². The van der Waals surface area contributed by atoms with E-state index < -0.39 is 0 Å². The number of rotatable bonds is 7. The normalized spacial score (nSPS) is 12.4. The third-order valence-electron chi connectivity index (χ3n) is 4.67. The molecule has 1 N–H and O–H groups in total. The van der Waals surface area contributed by atoms with Crippen molar-refractivity contribution in [3.8, 4) is 5.75 Å². The number of benzene rings is 2. The van der Waals surface area contributed by atoms with Crippen molar-refractivity contribution in [1.29, 1.82) is 0 Å². The third-order valence-corrected chi connectivity index (χ3v) is 5.89. The van der Waals surface area contributed by atoms with Crippen molar-refractivity contribution >= 4 is 40.9 Å². The Morgan fingerprint density at radius 1 is 1.18 bits per heavy atom. The highest BCUT2D eigenvalue weighted by molar-refractivity contribution is 8.00. The first-order chi connectivity index (χ1) is 13.5. The summed E-state index contributed by atoms with van der Waals surface area (Å²) in [4.78, 5) is 27.2. The van der Waals surface area contributed by atoms with Crippen molar-refractivity contribution < 1.29 is 14.3 Å². The maximum Gasteiger partial charge on any atom is 0.244 e. The number of hydrogen-bond acceptors (Lipinski definition) is 4. The van der Waals surface area contributed by atoms with Gasteiger partial charge in [-0.05, 0) is 60.7 Å². The summed E-state index contributed by atoms with van der Waals surface area (Å²) in [6, 6.07) is 11.4. The Morgan fingerprint density at radius 2 is 1.96 bits per heavy atom. The van der Waals surface area contributed by atoms with Gasteiger partial charge in [-0.15, -0.1) is 11.8 Å². The Kier molecular flexibility index (Phi) is 6.86. The van der Waals surface area contributed by atoms with Crippen LogP contribution in [0.25, 0.3) is 0 Å². The number of thioether (sulfide) groups is 1. The molecule has 0 aliphatic heterocycles. The summed E-state index contributed by atoms with van der Waals surface area (Å²) >= 11 is 7.48. The lowest BCUT2D eigenvalue weighted by molar-refractivity contribution is -0.131. The van der Waals surface area contributed by atoms with Gasteiger partial charge in [0.15, 0.2) is 0 Å². The first kappa shape index (κ1) is 20.6. The third kappa shape index (κ3) is 5.20. The van der Waals surface area contributed by atoms with Crippen LogP contribution < -0.4 is 10.1 Å².